The van der Waals surface area contributed by atoms with Crippen LogP contribution in [0.3, 0.4) is 0 Å². The molecule has 176 valence electrons. The number of carbonyl (C=O) groups excluding carboxylic acids is 1. The maximum absolute atomic E-state index is 11.7. The van der Waals surface area contributed by atoms with E-state index in [-0.39, 0.29) is 12.5 Å². The van der Waals surface area contributed by atoms with E-state index in [1.54, 1.807) is 0 Å². The number of ether oxygens (including phenoxy) is 1. The van der Waals surface area contributed by atoms with Crippen LogP contribution in [-0.4, -0.2) is 77.4 Å². The van der Waals surface area contributed by atoms with Crippen LogP contribution in [0.15, 0.2) is 64.5 Å². The number of hydrogen-bond acceptors (Lipinski definition) is 8. The number of likely N-dealkylation sites (N-methyl/N-ethyl adjacent to an activating group) is 1. The van der Waals surface area contributed by atoms with Gasteiger partial charge >= 0.3 is 196 Å². The van der Waals surface area contributed by atoms with E-state index in [4.69, 9.17) is 15.5 Å². The molecule has 2 radical (unpaired) electrons. The molecule has 8 nitrogen and oxygen atoms in total. The molecule has 0 bridgehead atoms. The Morgan fingerprint density at radius 1 is 1.18 bits per heavy atom. The quantitative estimate of drug-likeness (QED) is 0.418. The third kappa shape index (κ3) is 6.51. The summed E-state index contributed by atoms with van der Waals surface area (Å²) in [6.45, 7) is 4.04. The second-order valence-electron chi connectivity index (χ2n) is 7.93. The number of nitrogens with zero attached hydrogens (tertiary/aromatic N) is 4. The van der Waals surface area contributed by atoms with Gasteiger partial charge in [0.25, 0.3) is 0 Å². The van der Waals surface area contributed by atoms with Gasteiger partial charge in [-0.2, -0.15) is 0 Å². The van der Waals surface area contributed by atoms with E-state index < -0.39 is 0 Å². The van der Waals surface area contributed by atoms with Crippen molar-refractivity contribution in [3.8, 4) is 5.88 Å². The van der Waals surface area contributed by atoms with Crippen LogP contribution in [0.25, 0.3) is 0 Å². The molecule has 1 saturated heterocycles. The van der Waals surface area contributed by atoms with Crippen molar-refractivity contribution in [2.45, 2.75) is 16.4 Å². The van der Waals surface area contributed by atoms with Crippen molar-refractivity contribution in [2.75, 3.05) is 50.0 Å². The van der Waals surface area contributed by atoms with E-state index in [0.717, 1.165) is 45.9 Å². The van der Waals surface area contributed by atoms with Crippen molar-refractivity contribution in [2.24, 2.45) is 5.73 Å². The third-order valence-electron chi connectivity index (χ3n) is 5.38. The molecule has 4 rings (SSSR count). The Hall–Kier alpha value is -2.58. The second kappa shape index (κ2) is 11.7. The zero-order valence-electron chi connectivity index (χ0n) is 19.0. The number of anilines is 2. The van der Waals surface area contributed by atoms with Crippen LogP contribution in [0.4, 0.5) is 11.6 Å². The zero-order valence-corrected chi connectivity index (χ0v) is 21.7. The Balaban J connectivity index is 1.58. The van der Waals surface area contributed by atoms with Gasteiger partial charge in [0.05, 0.1) is 6.54 Å². The number of hydrogen-bond donors (Lipinski definition) is 2. The number of nitrogens with two attached hydrogens (primary N) is 1. The number of aromatic nitrogens is 2. The molecule has 0 saturated carbocycles. The summed E-state index contributed by atoms with van der Waals surface area (Å²) in [6.07, 6.45) is 1.82. The Bertz CT molecular complexity index is 1140. The predicted molar refractivity (Wildman–Crippen MR) is 136 cm³/mol. The molecule has 2 heterocycles. The predicted octanol–water partition coefficient (Wildman–Crippen LogP) is 1.65. The molecule has 0 unspecified atom stereocenters. The Kier molecular flexibility index (Phi) is 8.45. The fourth-order valence-corrected chi connectivity index (χ4v) is 4.79. The minimum absolute atomic E-state index is 0.0609. The van der Waals surface area contributed by atoms with Crippen LogP contribution in [0.1, 0.15) is 5.56 Å². The first-order chi connectivity index (χ1) is 16.5. The topological polar surface area (TPSA) is 96.6 Å². The first-order valence-electron chi connectivity index (χ1n) is 11.0. The average Bonchev–Trinajstić information content (AvgIpc) is 2.85. The van der Waals surface area contributed by atoms with E-state index in [9.17, 15) is 4.79 Å². The van der Waals surface area contributed by atoms with Gasteiger partial charge in [-0.1, -0.05) is 0 Å². The molecule has 1 aliphatic heterocycles. The van der Waals surface area contributed by atoms with Gasteiger partial charge < -0.3 is 5.73 Å². The van der Waals surface area contributed by atoms with Gasteiger partial charge in [-0.25, -0.2) is 0 Å². The van der Waals surface area contributed by atoms with Crippen molar-refractivity contribution in [3.05, 3.63) is 60.3 Å². The maximum atomic E-state index is 11.7. The molecule has 1 fully saturated rings. The zero-order chi connectivity index (χ0) is 23.9. The molecule has 0 atom stereocenters. The number of benzene rings is 2. The summed E-state index contributed by atoms with van der Waals surface area (Å²) in [4.78, 5) is 27.4. The fourth-order valence-electron chi connectivity index (χ4n) is 3.43. The molecule has 2 aromatic carbocycles. The van der Waals surface area contributed by atoms with Crippen molar-refractivity contribution in [1.82, 2.24) is 14.9 Å². The molecule has 1 aromatic heterocycles. The first kappa shape index (κ1) is 24.5. The van der Waals surface area contributed by atoms with Gasteiger partial charge in [0.1, 0.15) is 0 Å². The van der Waals surface area contributed by atoms with E-state index >= 15 is 0 Å². The SMILES string of the molecule is CN1CCN(c2ncc(Sc3cccc(NC(=O)CN)c3)c(OCc3ccccc3[As])n2)CC1. The van der Waals surface area contributed by atoms with E-state index in [1.165, 1.54) is 11.8 Å². The number of rotatable bonds is 8. The first-order valence-corrected chi connectivity index (χ1v) is 12.8. The normalized spacial score (nSPS) is 14.1. The summed E-state index contributed by atoms with van der Waals surface area (Å²) in [5.74, 6) is 0.987. The van der Waals surface area contributed by atoms with Crippen molar-refractivity contribution >= 4 is 50.5 Å². The number of amides is 1. The van der Waals surface area contributed by atoms with Crippen LogP contribution in [0.5, 0.6) is 5.88 Å². The number of carbonyl (C=O) groups is 1. The van der Waals surface area contributed by atoms with Gasteiger partial charge in [-0.15, -0.1) is 0 Å². The molecule has 1 amide bonds. The molecular formula is C24H27AsN6O2S. The Labute approximate surface area is 212 Å². The van der Waals surface area contributed by atoms with Crippen molar-refractivity contribution in [1.29, 1.82) is 0 Å². The summed E-state index contributed by atoms with van der Waals surface area (Å²) in [7, 11) is 2.12. The van der Waals surface area contributed by atoms with Crippen LogP contribution in [0, 0.1) is 0 Å². The standard InChI is InChI=1S/C24H27AsN6O2S/c1-30-9-11-31(12-10-30)24-27-15-21(23(29-24)33-16-17-5-2-3-8-20(17)25)34-19-7-4-6-18(13-19)28-22(32)14-26/h2-8,13,15H,9-12,14,16,26H2,1H3,(H,28,32). The summed E-state index contributed by atoms with van der Waals surface area (Å²) in [5.41, 5.74) is 7.20. The van der Waals surface area contributed by atoms with Crippen molar-refractivity contribution in [3.63, 3.8) is 0 Å². The van der Waals surface area contributed by atoms with Crippen LogP contribution >= 0.6 is 11.8 Å². The molecule has 3 aromatic rings. The summed E-state index contributed by atoms with van der Waals surface area (Å²) < 4.78 is 7.35. The molecule has 0 aliphatic carbocycles. The molecule has 1 aliphatic rings. The number of piperazine rings is 1. The van der Waals surface area contributed by atoms with Gasteiger partial charge in [0, 0.05) is 0 Å². The summed E-state index contributed by atoms with van der Waals surface area (Å²) in [6, 6.07) is 15.7. The van der Waals surface area contributed by atoms with E-state index in [0.29, 0.717) is 24.1 Å². The van der Waals surface area contributed by atoms with E-state index in [2.05, 4.69) is 44.0 Å². The molecular weight excluding hydrogens is 511 g/mol. The Morgan fingerprint density at radius 3 is 2.74 bits per heavy atom. The van der Waals surface area contributed by atoms with Gasteiger partial charge in [0.2, 0.25) is 0 Å². The summed E-state index contributed by atoms with van der Waals surface area (Å²) >= 11 is 4.07. The fraction of sp³-hybridized carbons (Fsp3) is 0.292. The Morgan fingerprint density at radius 2 is 1.97 bits per heavy atom. The monoisotopic (exact) mass is 538 g/mol. The van der Waals surface area contributed by atoms with Crippen LogP contribution < -0.4 is 25.0 Å². The van der Waals surface area contributed by atoms with Gasteiger partial charge in [-0.3, -0.25) is 4.79 Å². The molecule has 0 spiro atoms. The third-order valence-corrected chi connectivity index (χ3v) is 7.29. The molecule has 10 heteroatoms. The van der Waals surface area contributed by atoms with Crippen LogP contribution in [0.2, 0.25) is 0 Å². The van der Waals surface area contributed by atoms with Crippen molar-refractivity contribution < 1.29 is 9.53 Å². The van der Waals surface area contributed by atoms with Crippen LogP contribution in [-0.2, 0) is 11.4 Å². The average molecular weight is 539 g/mol. The second-order valence-corrected chi connectivity index (χ2v) is 10.1. The minimum atomic E-state index is -0.234. The van der Waals surface area contributed by atoms with Gasteiger partial charge in [-0.05, 0) is 0 Å². The molecule has 3 N–H and O–H groups in total. The molecule has 34 heavy (non-hydrogen) atoms. The van der Waals surface area contributed by atoms with E-state index in [1.807, 2.05) is 54.7 Å². The number of nitrogens with one attached hydrogen (secondary N) is 1. The summed E-state index contributed by atoms with van der Waals surface area (Å²) in [5, 5.41) is 2.79. The van der Waals surface area contributed by atoms with Gasteiger partial charge in [0.15, 0.2) is 0 Å².